The van der Waals surface area contributed by atoms with Crippen molar-refractivity contribution in [3.63, 3.8) is 0 Å². The van der Waals surface area contributed by atoms with Crippen LogP contribution in [0.2, 0.25) is 0 Å². The molecule has 0 aromatic carbocycles. The van der Waals surface area contributed by atoms with Crippen molar-refractivity contribution in [3.8, 4) is 10.4 Å². The maximum atomic E-state index is 4.82. The third kappa shape index (κ3) is 2.87. The molecule has 0 spiro atoms. The van der Waals surface area contributed by atoms with Crippen LogP contribution in [0, 0.1) is 0 Å². The van der Waals surface area contributed by atoms with Crippen LogP contribution in [0.1, 0.15) is 6.42 Å². The molecular weight excluding hydrogens is 368 g/mol. The molecule has 7 heteroatoms. The monoisotopic (exact) mass is 391 g/mol. The van der Waals surface area contributed by atoms with Crippen LogP contribution in [0.15, 0.2) is 54.4 Å². The first-order valence-electron chi connectivity index (χ1n) is 9.50. The van der Waals surface area contributed by atoms with Crippen LogP contribution in [0.25, 0.3) is 21.5 Å². The molecule has 0 radical (unpaired) electrons. The van der Waals surface area contributed by atoms with Crippen LogP contribution in [-0.4, -0.2) is 53.2 Å². The molecule has 1 fully saturated rings. The zero-order valence-electron chi connectivity index (χ0n) is 16.0. The Morgan fingerprint density at radius 2 is 2.07 bits per heavy atom. The first-order chi connectivity index (χ1) is 13.6. The summed E-state index contributed by atoms with van der Waals surface area (Å²) < 4.78 is 0.766. The Hall–Kier alpha value is -2.77. The number of hydrogen-bond donors (Lipinski definition) is 1. The molecule has 6 nitrogen and oxygen atoms in total. The summed E-state index contributed by atoms with van der Waals surface area (Å²) in [4.78, 5) is 20.5. The summed E-state index contributed by atoms with van der Waals surface area (Å²) in [6.07, 6.45) is 6.68. The van der Waals surface area contributed by atoms with E-state index in [1.807, 2.05) is 12.4 Å². The quantitative estimate of drug-likeness (QED) is 0.536. The number of quaternary nitrogens is 1. The predicted octanol–water partition coefficient (Wildman–Crippen LogP) is 3.93. The van der Waals surface area contributed by atoms with Gasteiger partial charge in [-0.05, 0) is 23.6 Å². The lowest BCUT2D eigenvalue weighted by Gasteiger charge is -2.34. The van der Waals surface area contributed by atoms with Crippen LogP contribution >= 0.6 is 11.3 Å². The highest BCUT2D eigenvalue weighted by Crippen LogP contribution is 2.32. The molecule has 0 amide bonds. The van der Waals surface area contributed by atoms with Gasteiger partial charge in [0.25, 0.3) is 0 Å². The zero-order valence-corrected chi connectivity index (χ0v) is 16.9. The lowest BCUT2D eigenvalue weighted by molar-refractivity contribution is 0.303. The molecule has 1 unspecified atom stereocenters. The number of nitrogens with one attached hydrogen (secondary N) is 1. The molecule has 4 aromatic heterocycles. The Bertz CT molecular complexity index is 1080. The molecule has 4 aromatic rings. The van der Waals surface area contributed by atoms with E-state index in [4.69, 9.17) is 4.98 Å². The highest BCUT2D eigenvalue weighted by atomic mass is 32.1. The fourth-order valence-corrected chi connectivity index (χ4v) is 4.79. The highest BCUT2D eigenvalue weighted by molar-refractivity contribution is 7.13. The van der Waals surface area contributed by atoms with Gasteiger partial charge in [0.05, 0.1) is 26.0 Å². The summed E-state index contributed by atoms with van der Waals surface area (Å²) in [5, 5.41) is 3.19. The first-order valence-corrected chi connectivity index (χ1v) is 10.4. The molecule has 1 atom stereocenters. The second kappa shape index (κ2) is 6.68. The highest BCUT2D eigenvalue weighted by Gasteiger charge is 2.38. The van der Waals surface area contributed by atoms with Crippen molar-refractivity contribution in [1.82, 2.24) is 24.4 Å². The molecule has 1 saturated heterocycles. The van der Waals surface area contributed by atoms with Crippen molar-refractivity contribution >= 4 is 34.0 Å². The van der Waals surface area contributed by atoms with E-state index in [2.05, 4.69) is 69.7 Å². The van der Waals surface area contributed by atoms with Gasteiger partial charge in [-0.3, -0.25) is 4.48 Å². The van der Waals surface area contributed by atoms with Gasteiger partial charge in [0.2, 0.25) is 5.82 Å². The van der Waals surface area contributed by atoms with Crippen molar-refractivity contribution in [2.45, 2.75) is 12.5 Å². The SMILES string of the molecule is C[N+](C)(c1ccc(-c2cccs2)cn1)C1CCN(c2ncnc3[nH]ccc23)C1. The Morgan fingerprint density at radius 1 is 1.14 bits per heavy atom. The summed E-state index contributed by atoms with van der Waals surface area (Å²) in [7, 11) is 4.51. The number of pyridine rings is 1. The van der Waals surface area contributed by atoms with E-state index in [9.17, 15) is 0 Å². The normalized spacial score (nSPS) is 17.5. The molecule has 28 heavy (non-hydrogen) atoms. The standard InChI is InChI=1S/C21H23N6S/c1-27(2,19-6-5-15(12-23-19)18-4-3-11-28-18)16-8-10-26(13-16)21-17-7-9-22-20(17)24-14-25-21/h3-7,9,11-12,14,16H,8,10,13H2,1-2H3,(H,22,24,25)/q+1. The molecule has 0 saturated carbocycles. The molecule has 142 valence electrons. The number of nitrogens with zero attached hydrogens (tertiary/aromatic N) is 5. The van der Waals surface area contributed by atoms with Gasteiger partial charge in [-0.15, -0.1) is 11.3 Å². The number of hydrogen-bond acceptors (Lipinski definition) is 5. The second-order valence-corrected chi connectivity index (χ2v) is 8.70. The average Bonchev–Trinajstić information content (AvgIpc) is 3.49. The molecule has 1 N–H and O–H groups in total. The zero-order chi connectivity index (χ0) is 19.1. The van der Waals surface area contributed by atoms with Gasteiger partial charge >= 0.3 is 0 Å². The van der Waals surface area contributed by atoms with Crippen molar-refractivity contribution in [2.75, 3.05) is 32.1 Å². The number of thiophene rings is 1. The molecule has 1 aliphatic rings. The van der Waals surface area contributed by atoms with Crippen molar-refractivity contribution in [1.29, 1.82) is 0 Å². The first kappa shape index (κ1) is 17.3. The molecule has 5 rings (SSSR count). The van der Waals surface area contributed by atoms with Gasteiger partial charge in [-0.2, -0.15) is 0 Å². The van der Waals surface area contributed by atoms with Crippen molar-refractivity contribution in [2.24, 2.45) is 0 Å². The maximum absolute atomic E-state index is 4.82. The van der Waals surface area contributed by atoms with Crippen LogP contribution in [0.4, 0.5) is 11.6 Å². The van der Waals surface area contributed by atoms with Gasteiger partial charge in [0.15, 0.2) is 0 Å². The largest absolute Gasteiger partial charge is 0.350 e. The summed E-state index contributed by atoms with van der Waals surface area (Å²) in [5.74, 6) is 2.12. The second-order valence-electron chi connectivity index (χ2n) is 7.75. The number of likely N-dealkylation sites (N-methyl/N-ethyl adjacent to an activating group) is 1. The van der Waals surface area contributed by atoms with E-state index < -0.39 is 0 Å². The Kier molecular flexibility index (Phi) is 4.14. The van der Waals surface area contributed by atoms with Crippen LogP contribution in [0.5, 0.6) is 0 Å². The molecular formula is C21H23N6S+. The predicted molar refractivity (Wildman–Crippen MR) is 116 cm³/mol. The molecule has 0 aliphatic carbocycles. The maximum Gasteiger partial charge on any atom is 0.227 e. The number of aromatic nitrogens is 4. The van der Waals surface area contributed by atoms with Gasteiger partial charge < -0.3 is 9.88 Å². The summed E-state index contributed by atoms with van der Waals surface area (Å²) in [6, 6.07) is 11.1. The Morgan fingerprint density at radius 3 is 2.86 bits per heavy atom. The van der Waals surface area contributed by atoms with Crippen LogP contribution < -0.4 is 9.38 Å². The summed E-state index contributed by atoms with van der Waals surface area (Å²) in [5.41, 5.74) is 2.08. The minimum absolute atomic E-state index is 0.462. The number of fused-ring (bicyclic) bond motifs is 1. The smallest absolute Gasteiger partial charge is 0.227 e. The lowest BCUT2D eigenvalue weighted by atomic mass is 10.1. The number of anilines is 1. The third-order valence-electron chi connectivity index (χ3n) is 5.85. The number of aromatic amines is 1. The van der Waals surface area contributed by atoms with Crippen LogP contribution in [-0.2, 0) is 0 Å². The topological polar surface area (TPSA) is 57.7 Å². The third-order valence-corrected chi connectivity index (χ3v) is 6.77. The Balaban J connectivity index is 1.38. The molecule has 5 heterocycles. The number of H-pyrrole nitrogens is 1. The molecule has 0 bridgehead atoms. The van der Waals surface area contributed by atoms with Crippen molar-refractivity contribution < 1.29 is 0 Å². The fraction of sp³-hybridized carbons (Fsp3) is 0.286. The minimum Gasteiger partial charge on any atom is -0.350 e. The van der Waals surface area contributed by atoms with E-state index in [1.54, 1.807) is 17.7 Å². The summed E-state index contributed by atoms with van der Waals surface area (Å²) in [6.45, 7) is 1.95. The fourth-order valence-electron chi connectivity index (χ4n) is 4.07. The van der Waals surface area contributed by atoms with E-state index in [0.29, 0.717) is 6.04 Å². The summed E-state index contributed by atoms with van der Waals surface area (Å²) >= 11 is 1.75. The number of rotatable bonds is 4. The lowest BCUT2D eigenvalue weighted by Crippen LogP contribution is -2.51. The van der Waals surface area contributed by atoms with Gasteiger partial charge in [0, 0.05) is 41.9 Å². The van der Waals surface area contributed by atoms with Gasteiger partial charge in [-0.1, -0.05) is 6.07 Å². The van der Waals surface area contributed by atoms with Gasteiger partial charge in [-0.25, -0.2) is 15.0 Å². The van der Waals surface area contributed by atoms with E-state index in [0.717, 1.165) is 46.7 Å². The van der Waals surface area contributed by atoms with Crippen molar-refractivity contribution in [3.05, 3.63) is 54.4 Å². The van der Waals surface area contributed by atoms with E-state index in [1.165, 1.54) is 10.4 Å². The van der Waals surface area contributed by atoms with E-state index >= 15 is 0 Å². The molecule has 1 aliphatic heterocycles. The Labute approximate surface area is 168 Å². The van der Waals surface area contributed by atoms with Gasteiger partial charge in [0.1, 0.15) is 23.8 Å². The van der Waals surface area contributed by atoms with Crippen LogP contribution in [0.3, 0.4) is 0 Å². The minimum atomic E-state index is 0.462. The van der Waals surface area contributed by atoms with E-state index in [-0.39, 0.29) is 0 Å². The average molecular weight is 392 g/mol.